The number of hydrogen-bond donors (Lipinski definition) is 1. The molecule has 120 valence electrons. The lowest BCUT2D eigenvalue weighted by Crippen LogP contribution is -2.03. The van der Waals surface area contributed by atoms with Crippen molar-refractivity contribution >= 4 is 22.4 Å². The summed E-state index contributed by atoms with van der Waals surface area (Å²) < 4.78 is 7.81. The molecule has 1 atom stereocenters. The first-order valence-electron chi connectivity index (χ1n) is 7.99. The number of nitrogens with zero attached hydrogens (tertiary/aromatic N) is 4. The van der Waals surface area contributed by atoms with Crippen LogP contribution in [-0.4, -0.2) is 31.2 Å². The molecule has 1 aliphatic rings. The van der Waals surface area contributed by atoms with Crippen molar-refractivity contribution in [2.75, 3.05) is 6.61 Å². The maximum Gasteiger partial charge on any atom is 0.180 e. The summed E-state index contributed by atoms with van der Waals surface area (Å²) in [6, 6.07) is 2.00. The van der Waals surface area contributed by atoms with E-state index < -0.39 is 0 Å². The summed E-state index contributed by atoms with van der Waals surface area (Å²) in [6.45, 7) is 4.92. The molecule has 0 fully saturated rings. The minimum atomic E-state index is 0. The molecule has 23 heavy (non-hydrogen) atoms. The number of H-pyrrole nitrogens is 1. The molecule has 0 saturated carbocycles. The lowest BCUT2D eigenvalue weighted by Gasteiger charge is -2.14. The van der Waals surface area contributed by atoms with Gasteiger partial charge in [0.15, 0.2) is 17.1 Å². The standard InChI is InChI=1S/C17H19N5O.H2/c1-3-23-14-7-6-12(5-4-11(14)2)17-21-20-15-10-19-16-13(22(15)17)8-9-18-16;/h6-11,18H,3-5H2,1-2H3;1H. The molecule has 1 aliphatic carbocycles. The molecule has 0 amide bonds. The molecule has 6 nitrogen and oxygen atoms in total. The van der Waals surface area contributed by atoms with Crippen LogP contribution in [0.5, 0.6) is 0 Å². The highest BCUT2D eigenvalue weighted by Crippen LogP contribution is 2.30. The number of rotatable bonds is 3. The van der Waals surface area contributed by atoms with Crippen LogP contribution in [0.25, 0.3) is 22.4 Å². The van der Waals surface area contributed by atoms with Crippen LogP contribution in [-0.2, 0) is 4.74 Å². The average molecular weight is 311 g/mol. The number of aromatic amines is 1. The third kappa shape index (κ3) is 2.30. The Labute approximate surface area is 135 Å². The highest BCUT2D eigenvalue weighted by atomic mass is 16.5. The molecule has 0 radical (unpaired) electrons. The predicted octanol–water partition coefficient (Wildman–Crippen LogP) is 3.59. The Balaban J connectivity index is 0.00000169. The van der Waals surface area contributed by atoms with Crippen LogP contribution < -0.4 is 0 Å². The lowest BCUT2D eigenvalue weighted by atomic mass is 10.0. The Morgan fingerprint density at radius 2 is 2.30 bits per heavy atom. The molecule has 4 rings (SSSR count). The Kier molecular flexibility index (Phi) is 3.37. The van der Waals surface area contributed by atoms with E-state index in [1.807, 2.05) is 19.2 Å². The molecule has 0 bridgehead atoms. The molecule has 1 unspecified atom stereocenters. The van der Waals surface area contributed by atoms with E-state index >= 15 is 0 Å². The molecule has 0 aromatic carbocycles. The molecule has 3 heterocycles. The van der Waals surface area contributed by atoms with Gasteiger partial charge in [0.1, 0.15) is 0 Å². The van der Waals surface area contributed by atoms with Crippen molar-refractivity contribution in [3.8, 4) is 0 Å². The summed E-state index contributed by atoms with van der Waals surface area (Å²) in [5.41, 5.74) is 3.77. The Morgan fingerprint density at radius 1 is 1.39 bits per heavy atom. The third-order valence-corrected chi connectivity index (χ3v) is 4.32. The molecular formula is C17H21N5O. The summed E-state index contributed by atoms with van der Waals surface area (Å²) in [4.78, 5) is 7.50. The number of nitrogens with one attached hydrogen (secondary N) is 1. The number of allylic oxidation sites excluding steroid dienone is 4. The maximum atomic E-state index is 5.74. The van der Waals surface area contributed by atoms with Crippen molar-refractivity contribution in [2.24, 2.45) is 5.92 Å². The Morgan fingerprint density at radius 3 is 3.17 bits per heavy atom. The van der Waals surface area contributed by atoms with E-state index in [0.717, 1.165) is 41.2 Å². The van der Waals surface area contributed by atoms with Crippen LogP contribution in [0.1, 0.15) is 33.9 Å². The van der Waals surface area contributed by atoms with Crippen LogP contribution in [0.3, 0.4) is 0 Å². The summed E-state index contributed by atoms with van der Waals surface area (Å²) in [5, 5.41) is 8.68. The normalized spacial score (nSPS) is 18.8. The highest BCUT2D eigenvalue weighted by molar-refractivity contribution is 5.77. The summed E-state index contributed by atoms with van der Waals surface area (Å²) in [5.74, 6) is 2.34. The van der Waals surface area contributed by atoms with Gasteiger partial charge in [-0.15, -0.1) is 10.2 Å². The van der Waals surface area contributed by atoms with E-state index in [1.54, 1.807) is 6.20 Å². The molecule has 0 spiro atoms. The van der Waals surface area contributed by atoms with E-state index in [2.05, 4.69) is 43.6 Å². The van der Waals surface area contributed by atoms with E-state index in [-0.39, 0.29) is 1.43 Å². The fourth-order valence-electron chi connectivity index (χ4n) is 3.07. The van der Waals surface area contributed by atoms with Gasteiger partial charge in [0.25, 0.3) is 0 Å². The average Bonchev–Trinajstić information content (AvgIpc) is 3.15. The first-order chi connectivity index (χ1) is 11.3. The topological polar surface area (TPSA) is 68.1 Å². The molecule has 3 aromatic heterocycles. The zero-order valence-corrected chi connectivity index (χ0v) is 13.3. The van der Waals surface area contributed by atoms with E-state index in [4.69, 9.17) is 4.74 Å². The molecule has 1 N–H and O–H groups in total. The van der Waals surface area contributed by atoms with Crippen LogP contribution in [0.2, 0.25) is 0 Å². The summed E-state index contributed by atoms with van der Waals surface area (Å²) >= 11 is 0. The minimum absolute atomic E-state index is 0. The highest BCUT2D eigenvalue weighted by Gasteiger charge is 2.19. The van der Waals surface area contributed by atoms with Gasteiger partial charge in [-0.05, 0) is 37.5 Å². The van der Waals surface area contributed by atoms with Gasteiger partial charge in [0.2, 0.25) is 0 Å². The smallest absolute Gasteiger partial charge is 0.180 e. The largest absolute Gasteiger partial charge is 0.498 e. The zero-order valence-electron chi connectivity index (χ0n) is 13.3. The van der Waals surface area contributed by atoms with Crippen LogP contribution >= 0.6 is 0 Å². The van der Waals surface area contributed by atoms with Crippen molar-refractivity contribution in [1.82, 2.24) is 24.6 Å². The van der Waals surface area contributed by atoms with Crippen molar-refractivity contribution in [2.45, 2.75) is 26.7 Å². The van der Waals surface area contributed by atoms with Gasteiger partial charge < -0.3 is 9.72 Å². The lowest BCUT2D eigenvalue weighted by molar-refractivity contribution is 0.193. The second-order valence-corrected chi connectivity index (χ2v) is 5.82. The van der Waals surface area contributed by atoms with Gasteiger partial charge in [-0.2, -0.15) is 0 Å². The SMILES string of the molecule is CCOC1=CC=C(c2nnc3cnc4[nH]ccc4n23)CCC1C.[HH]. The number of hydrogen-bond acceptors (Lipinski definition) is 4. The first kappa shape index (κ1) is 14.0. The maximum absolute atomic E-state index is 5.74. The number of ether oxygens (including phenoxy) is 1. The predicted molar refractivity (Wildman–Crippen MR) is 90.8 cm³/mol. The third-order valence-electron chi connectivity index (χ3n) is 4.32. The number of fused-ring (bicyclic) bond motifs is 3. The van der Waals surface area contributed by atoms with Crippen molar-refractivity contribution in [3.63, 3.8) is 0 Å². The minimum Gasteiger partial charge on any atom is -0.498 e. The van der Waals surface area contributed by atoms with Crippen molar-refractivity contribution < 1.29 is 6.16 Å². The van der Waals surface area contributed by atoms with E-state index in [9.17, 15) is 0 Å². The Hall–Kier alpha value is -2.63. The van der Waals surface area contributed by atoms with E-state index in [0.29, 0.717) is 12.5 Å². The first-order valence-corrected chi connectivity index (χ1v) is 7.99. The quantitative estimate of drug-likeness (QED) is 0.802. The van der Waals surface area contributed by atoms with Gasteiger partial charge >= 0.3 is 0 Å². The van der Waals surface area contributed by atoms with Gasteiger partial charge in [0, 0.05) is 13.5 Å². The second-order valence-electron chi connectivity index (χ2n) is 5.82. The van der Waals surface area contributed by atoms with Gasteiger partial charge in [-0.1, -0.05) is 13.0 Å². The molecule has 3 aromatic rings. The molecule has 0 aliphatic heterocycles. The molecule has 6 heteroatoms. The van der Waals surface area contributed by atoms with Gasteiger partial charge in [-0.25, -0.2) is 4.98 Å². The Bertz CT molecular complexity index is 924. The molecule has 0 saturated heterocycles. The van der Waals surface area contributed by atoms with E-state index in [1.165, 1.54) is 5.57 Å². The van der Waals surface area contributed by atoms with Crippen molar-refractivity contribution in [3.05, 3.63) is 42.2 Å². The van der Waals surface area contributed by atoms with Gasteiger partial charge in [0.05, 0.1) is 24.1 Å². The summed E-state index contributed by atoms with van der Waals surface area (Å²) in [7, 11) is 0. The summed E-state index contributed by atoms with van der Waals surface area (Å²) in [6.07, 6.45) is 9.81. The number of aromatic nitrogens is 5. The monoisotopic (exact) mass is 311 g/mol. The molecular weight excluding hydrogens is 290 g/mol. The van der Waals surface area contributed by atoms with Gasteiger partial charge in [-0.3, -0.25) is 4.40 Å². The van der Waals surface area contributed by atoms with Crippen LogP contribution in [0, 0.1) is 5.92 Å². The van der Waals surface area contributed by atoms with Crippen LogP contribution in [0.15, 0.2) is 36.4 Å². The van der Waals surface area contributed by atoms with Crippen molar-refractivity contribution in [1.29, 1.82) is 0 Å². The second kappa shape index (κ2) is 5.53. The fraction of sp³-hybridized carbons (Fsp3) is 0.353. The fourth-order valence-corrected chi connectivity index (χ4v) is 3.07. The van der Waals surface area contributed by atoms with Crippen LogP contribution in [0.4, 0.5) is 0 Å². The zero-order chi connectivity index (χ0) is 15.8.